The van der Waals surface area contributed by atoms with E-state index in [1.54, 1.807) is 12.3 Å². The van der Waals surface area contributed by atoms with Crippen LogP contribution in [0.25, 0.3) is 0 Å². The van der Waals surface area contributed by atoms with Gasteiger partial charge >= 0.3 is 0 Å². The van der Waals surface area contributed by atoms with Crippen molar-refractivity contribution in [3.05, 3.63) is 29.6 Å². The minimum absolute atomic E-state index is 0.0408. The molecule has 0 fully saturated rings. The van der Waals surface area contributed by atoms with Crippen molar-refractivity contribution in [2.75, 3.05) is 5.33 Å². The molecule has 1 amide bonds. The fourth-order valence-electron chi connectivity index (χ4n) is 1.60. The summed E-state index contributed by atoms with van der Waals surface area (Å²) in [6, 6.07) is 3.59. The van der Waals surface area contributed by atoms with Crippen molar-refractivity contribution in [2.24, 2.45) is 0 Å². The van der Waals surface area contributed by atoms with Gasteiger partial charge in [0.1, 0.15) is 0 Å². The van der Waals surface area contributed by atoms with E-state index >= 15 is 0 Å². The van der Waals surface area contributed by atoms with Gasteiger partial charge in [0.25, 0.3) is 5.91 Å². The molecule has 1 aromatic rings. The van der Waals surface area contributed by atoms with E-state index < -0.39 is 0 Å². The van der Waals surface area contributed by atoms with Crippen molar-refractivity contribution in [1.82, 2.24) is 10.3 Å². The number of hydrogen-bond acceptors (Lipinski definition) is 2. The van der Waals surface area contributed by atoms with Crippen molar-refractivity contribution in [3.63, 3.8) is 0 Å². The Hall–Kier alpha value is -0.900. The minimum atomic E-state index is -0.164. The molecule has 17 heavy (non-hydrogen) atoms. The second kappa shape index (κ2) is 6.15. The average Bonchev–Trinajstić information content (AvgIpc) is 2.29. The van der Waals surface area contributed by atoms with Gasteiger partial charge in [-0.25, -0.2) is 0 Å². The molecule has 0 aromatic carbocycles. The molecule has 0 aliphatic carbocycles. The number of alkyl halides is 1. The maximum absolute atomic E-state index is 12.1. The van der Waals surface area contributed by atoms with Gasteiger partial charge in [0.05, 0.1) is 5.56 Å². The molecule has 0 saturated carbocycles. The van der Waals surface area contributed by atoms with E-state index in [2.05, 4.69) is 40.1 Å². The highest BCUT2D eigenvalue weighted by molar-refractivity contribution is 9.09. The minimum Gasteiger partial charge on any atom is -0.347 e. The number of aryl methyl sites for hydroxylation is 1. The van der Waals surface area contributed by atoms with E-state index in [1.807, 2.05) is 13.0 Å². The predicted molar refractivity (Wildman–Crippen MR) is 73.5 cm³/mol. The average molecular weight is 299 g/mol. The number of nitrogens with zero attached hydrogens (tertiary/aromatic N) is 1. The van der Waals surface area contributed by atoms with E-state index in [1.165, 1.54) is 0 Å². The van der Waals surface area contributed by atoms with Crippen molar-refractivity contribution in [1.29, 1.82) is 0 Å². The van der Waals surface area contributed by atoms with E-state index in [0.717, 1.165) is 23.9 Å². The topological polar surface area (TPSA) is 42.0 Å². The van der Waals surface area contributed by atoms with Gasteiger partial charge in [0.15, 0.2) is 0 Å². The van der Waals surface area contributed by atoms with Crippen LogP contribution in [-0.2, 0) is 0 Å². The van der Waals surface area contributed by atoms with Crippen LogP contribution >= 0.6 is 15.9 Å². The van der Waals surface area contributed by atoms with Gasteiger partial charge in [-0.15, -0.1) is 0 Å². The number of pyridine rings is 1. The van der Waals surface area contributed by atoms with E-state index in [0.29, 0.717) is 5.56 Å². The molecule has 4 heteroatoms. The predicted octanol–water partition coefficient (Wildman–Crippen LogP) is 3.07. The maximum atomic E-state index is 12.1. The largest absolute Gasteiger partial charge is 0.347 e. The lowest BCUT2D eigenvalue weighted by atomic mass is 9.95. The summed E-state index contributed by atoms with van der Waals surface area (Å²) in [6.07, 6.45) is 3.52. The van der Waals surface area contributed by atoms with Crippen molar-refractivity contribution in [2.45, 2.75) is 39.2 Å². The van der Waals surface area contributed by atoms with Gasteiger partial charge in [-0.3, -0.25) is 9.78 Å². The first kappa shape index (κ1) is 14.2. The molecule has 0 aliphatic rings. The molecule has 1 rings (SSSR count). The third kappa shape index (κ3) is 3.80. The molecule has 94 valence electrons. The van der Waals surface area contributed by atoms with Gasteiger partial charge in [-0.1, -0.05) is 22.9 Å². The molecule has 0 saturated heterocycles. The first-order chi connectivity index (χ1) is 8.02. The molecule has 1 heterocycles. The van der Waals surface area contributed by atoms with Crippen LogP contribution in [0, 0.1) is 6.92 Å². The normalized spacial score (nSPS) is 14.1. The summed E-state index contributed by atoms with van der Waals surface area (Å²) in [4.78, 5) is 16.3. The highest BCUT2D eigenvalue weighted by atomic mass is 79.9. The monoisotopic (exact) mass is 298 g/mol. The molecular formula is C13H19BrN2O. The highest BCUT2D eigenvalue weighted by Gasteiger charge is 2.24. The second-order valence-electron chi connectivity index (χ2n) is 4.44. The summed E-state index contributed by atoms with van der Waals surface area (Å²) in [5.41, 5.74) is 1.26. The zero-order chi connectivity index (χ0) is 12.9. The Labute approximate surface area is 111 Å². The van der Waals surface area contributed by atoms with Crippen LogP contribution in [0.15, 0.2) is 18.3 Å². The summed E-state index contributed by atoms with van der Waals surface area (Å²) in [5, 5.41) is 3.97. The molecule has 1 aromatic heterocycles. The lowest BCUT2D eigenvalue weighted by Gasteiger charge is -2.29. The Morgan fingerprint density at radius 3 is 2.82 bits per heavy atom. The lowest BCUT2D eigenvalue weighted by Crippen LogP contribution is -2.46. The van der Waals surface area contributed by atoms with Crippen LogP contribution in [0.5, 0.6) is 0 Å². The van der Waals surface area contributed by atoms with Crippen molar-refractivity contribution >= 4 is 21.8 Å². The summed E-state index contributed by atoms with van der Waals surface area (Å²) in [7, 11) is 0. The van der Waals surface area contributed by atoms with Gasteiger partial charge < -0.3 is 5.32 Å². The van der Waals surface area contributed by atoms with Crippen LogP contribution in [0.4, 0.5) is 0 Å². The molecule has 0 bridgehead atoms. The Morgan fingerprint density at radius 1 is 1.59 bits per heavy atom. The highest BCUT2D eigenvalue weighted by Crippen LogP contribution is 2.17. The summed E-state index contributed by atoms with van der Waals surface area (Å²) in [5.74, 6) is -0.0408. The number of carbonyl (C=O) groups is 1. The quantitative estimate of drug-likeness (QED) is 0.849. The number of amides is 1. The van der Waals surface area contributed by atoms with Gasteiger partial charge in [-0.05, 0) is 38.8 Å². The SMILES string of the molecule is CCC(C)(CCBr)NC(=O)c1cccnc1C. The van der Waals surface area contributed by atoms with Gasteiger partial charge in [0.2, 0.25) is 0 Å². The Balaban J connectivity index is 2.82. The Kier molecular flexibility index (Phi) is 5.12. The number of rotatable bonds is 5. The van der Waals surface area contributed by atoms with Crippen LogP contribution < -0.4 is 5.32 Å². The molecule has 0 spiro atoms. The van der Waals surface area contributed by atoms with E-state index in [-0.39, 0.29) is 11.4 Å². The first-order valence-corrected chi connectivity index (χ1v) is 6.94. The van der Waals surface area contributed by atoms with Gasteiger partial charge in [-0.2, -0.15) is 0 Å². The zero-order valence-electron chi connectivity index (χ0n) is 10.6. The summed E-state index contributed by atoms with van der Waals surface area (Å²) in [6.45, 7) is 6.00. The standard InChI is InChI=1S/C13H19BrN2O/c1-4-13(3,7-8-14)16-12(17)11-6-5-9-15-10(11)2/h5-6,9H,4,7-8H2,1-3H3,(H,16,17). The fourth-order valence-corrected chi connectivity index (χ4v) is 2.48. The molecule has 0 aliphatic heterocycles. The smallest absolute Gasteiger partial charge is 0.253 e. The number of nitrogens with one attached hydrogen (secondary N) is 1. The lowest BCUT2D eigenvalue weighted by molar-refractivity contribution is 0.0901. The van der Waals surface area contributed by atoms with Crippen LogP contribution in [0.1, 0.15) is 42.7 Å². The Morgan fingerprint density at radius 2 is 2.29 bits per heavy atom. The molecule has 1 N–H and O–H groups in total. The fraction of sp³-hybridized carbons (Fsp3) is 0.538. The number of halogens is 1. The molecule has 0 radical (unpaired) electrons. The molecule has 3 nitrogen and oxygen atoms in total. The van der Waals surface area contributed by atoms with Crippen molar-refractivity contribution < 1.29 is 4.79 Å². The zero-order valence-corrected chi connectivity index (χ0v) is 12.2. The Bertz CT molecular complexity index is 395. The number of hydrogen-bond donors (Lipinski definition) is 1. The van der Waals surface area contributed by atoms with E-state index in [9.17, 15) is 4.79 Å². The number of aromatic nitrogens is 1. The second-order valence-corrected chi connectivity index (χ2v) is 5.24. The number of carbonyl (C=O) groups excluding carboxylic acids is 1. The maximum Gasteiger partial charge on any atom is 0.253 e. The first-order valence-electron chi connectivity index (χ1n) is 5.82. The molecular weight excluding hydrogens is 280 g/mol. The summed E-state index contributed by atoms with van der Waals surface area (Å²) < 4.78 is 0. The molecule has 1 unspecified atom stereocenters. The van der Waals surface area contributed by atoms with Crippen molar-refractivity contribution in [3.8, 4) is 0 Å². The van der Waals surface area contributed by atoms with Gasteiger partial charge in [0, 0.05) is 22.8 Å². The molecule has 1 atom stereocenters. The van der Waals surface area contributed by atoms with Crippen LogP contribution in [0.2, 0.25) is 0 Å². The van der Waals surface area contributed by atoms with E-state index in [4.69, 9.17) is 0 Å². The van der Waals surface area contributed by atoms with Crippen LogP contribution in [-0.4, -0.2) is 21.8 Å². The third-order valence-corrected chi connectivity index (χ3v) is 3.49. The summed E-state index contributed by atoms with van der Waals surface area (Å²) >= 11 is 3.42. The van der Waals surface area contributed by atoms with Crippen LogP contribution in [0.3, 0.4) is 0 Å². The third-order valence-electron chi connectivity index (χ3n) is 3.09.